The van der Waals surface area contributed by atoms with Gasteiger partial charge in [-0.25, -0.2) is 4.98 Å². The number of fused-ring (bicyclic) bond motifs is 1. The van der Waals surface area contributed by atoms with Crippen LogP contribution in [0.2, 0.25) is 0 Å². The van der Waals surface area contributed by atoms with Gasteiger partial charge in [0.1, 0.15) is 5.82 Å². The van der Waals surface area contributed by atoms with Crippen molar-refractivity contribution in [2.45, 2.75) is 19.3 Å². The van der Waals surface area contributed by atoms with Gasteiger partial charge in [-0.3, -0.25) is 9.59 Å². The number of carbonyl (C=O) groups is 2. The summed E-state index contributed by atoms with van der Waals surface area (Å²) in [7, 11) is 4.95. The SMILES string of the molecule is COc1cc(NC(=O)Cc2cnc3c(c2)CCCN3C)c(C(N)=O)cc1OC. The highest BCUT2D eigenvalue weighted by Crippen LogP contribution is 2.33. The van der Waals surface area contributed by atoms with Crippen LogP contribution in [0.5, 0.6) is 11.5 Å². The second-order valence-corrected chi connectivity index (χ2v) is 6.69. The molecule has 0 bridgehead atoms. The number of hydrogen-bond acceptors (Lipinski definition) is 6. The maximum Gasteiger partial charge on any atom is 0.250 e. The van der Waals surface area contributed by atoms with Crippen LogP contribution in [0.3, 0.4) is 0 Å². The monoisotopic (exact) mass is 384 g/mol. The van der Waals surface area contributed by atoms with Crippen LogP contribution >= 0.6 is 0 Å². The van der Waals surface area contributed by atoms with Crippen molar-refractivity contribution in [3.8, 4) is 11.5 Å². The van der Waals surface area contributed by atoms with Crippen LogP contribution < -0.4 is 25.4 Å². The second kappa shape index (κ2) is 8.16. The summed E-state index contributed by atoms with van der Waals surface area (Å²) in [5.74, 6) is 0.764. The minimum Gasteiger partial charge on any atom is -0.493 e. The van der Waals surface area contributed by atoms with E-state index in [4.69, 9.17) is 15.2 Å². The predicted octanol–water partition coefficient (Wildman–Crippen LogP) is 1.76. The van der Waals surface area contributed by atoms with Gasteiger partial charge in [-0.1, -0.05) is 6.07 Å². The molecule has 0 fully saturated rings. The van der Waals surface area contributed by atoms with Gasteiger partial charge in [-0.2, -0.15) is 0 Å². The number of aromatic nitrogens is 1. The van der Waals surface area contributed by atoms with Gasteiger partial charge in [0.25, 0.3) is 5.91 Å². The number of methoxy groups -OCH3 is 2. The third kappa shape index (κ3) is 4.00. The van der Waals surface area contributed by atoms with E-state index in [0.717, 1.165) is 36.3 Å². The van der Waals surface area contributed by atoms with Crippen LogP contribution in [-0.2, 0) is 17.6 Å². The van der Waals surface area contributed by atoms with E-state index in [1.54, 1.807) is 6.20 Å². The normalized spacial score (nSPS) is 12.9. The number of nitrogens with two attached hydrogens (primary N) is 1. The number of benzene rings is 1. The number of nitrogens with zero attached hydrogens (tertiary/aromatic N) is 2. The van der Waals surface area contributed by atoms with Crippen LogP contribution in [0, 0.1) is 0 Å². The molecule has 0 spiro atoms. The molecule has 2 heterocycles. The lowest BCUT2D eigenvalue weighted by molar-refractivity contribution is -0.115. The molecule has 2 amide bonds. The van der Waals surface area contributed by atoms with Gasteiger partial charge in [0.15, 0.2) is 11.5 Å². The highest BCUT2D eigenvalue weighted by molar-refractivity contribution is 6.04. The fourth-order valence-electron chi connectivity index (χ4n) is 3.36. The van der Waals surface area contributed by atoms with Crippen molar-refractivity contribution in [1.29, 1.82) is 0 Å². The van der Waals surface area contributed by atoms with Crippen molar-refractivity contribution in [2.75, 3.05) is 38.0 Å². The number of carbonyl (C=O) groups excluding carboxylic acids is 2. The summed E-state index contributed by atoms with van der Waals surface area (Å²) in [6, 6.07) is 4.99. The zero-order chi connectivity index (χ0) is 20.3. The van der Waals surface area contributed by atoms with Crippen molar-refractivity contribution in [2.24, 2.45) is 5.73 Å². The minimum absolute atomic E-state index is 0.135. The van der Waals surface area contributed by atoms with E-state index < -0.39 is 5.91 Å². The van der Waals surface area contributed by atoms with E-state index >= 15 is 0 Å². The highest BCUT2D eigenvalue weighted by Gasteiger charge is 2.19. The van der Waals surface area contributed by atoms with Crippen molar-refractivity contribution in [3.05, 3.63) is 41.1 Å². The Balaban J connectivity index is 1.80. The third-order valence-electron chi connectivity index (χ3n) is 4.73. The number of rotatable bonds is 6. The van der Waals surface area contributed by atoms with Gasteiger partial charge in [-0.05, 0) is 30.0 Å². The van der Waals surface area contributed by atoms with E-state index in [-0.39, 0.29) is 23.6 Å². The third-order valence-corrected chi connectivity index (χ3v) is 4.73. The molecule has 1 aromatic heterocycles. The molecule has 8 heteroatoms. The fourth-order valence-corrected chi connectivity index (χ4v) is 3.36. The molecule has 0 unspecified atom stereocenters. The smallest absolute Gasteiger partial charge is 0.250 e. The maximum absolute atomic E-state index is 12.6. The molecule has 148 valence electrons. The molecule has 8 nitrogen and oxygen atoms in total. The molecule has 0 atom stereocenters. The van der Waals surface area contributed by atoms with Gasteiger partial charge in [0.2, 0.25) is 5.91 Å². The Hall–Kier alpha value is -3.29. The summed E-state index contributed by atoms with van der Waals surface area (Å²) in [5, 5.41) is 2.74. The van der Waals surface area contributed by atoms with E-state index in [0.29, 0.717) is 11.5 Å². The number of pyridine rings is 1. The molecule has 3 N–H and O–H groups in total. The molecule has 0 radical (unpaired) electrons. The molecule has 0 saturated heterocycles. The maximum atomic E-state index is 12.6. The first-order valence-electron chi connectivity index (χ1n) is 8.97. The van der Waals surface area contributed by atoms with Crippen molar-refractivity contribution in [1.82, 2.24) is 4.98 Å². The highest BCUT2D eigenvalue weighted by atomic mass is 16.5. The summed E-state index contributed by atoms with van der Waals surface area (Å²) >= 11 is 0. The van der Waals surface area contributed by atoms with Gasteiger partial charge in [0, 0.05) is 25.9 Å². The summed E-state index contributed by atoms with van der Waals surface area (Å²) < 4.78 is 10.4. The Labute approximate surface area is 163 Å². The predicted molar refractivity (Wildman–Crippen MR) is 106 cm³/mol. The molecule has 3 rings (SSSR count). The largest absolute Gasteiger partial charge is 0.493 e. The Morgan fingerprint density at radius 3 is 2.61 bits per heavy atom. The molecule has 1 aliphatic heterocycles. The van der Waals surface area contributed by atoms with Crippen LogP contribution in [0.1, 0.15) is 27.9 Å². The Morgan fingerprint density at radius 2 is 1.93 bits per heavy atom. The first-order valence-corrected chi connectivity index (χ1v) is 8.97. The van der Waals surface area contributed by atoms with Crippen LogP contribution in [0.15, 0.2) is 24.4 Å². The molecular formula is C20H24N4O4. The molecule has 1 aliphatic rings. The number of primary amides is 1. The Morgan fingerprint density at radius 1 is 1.21 bits per heavy atom. The molecule has 0 saturated carbocycles. The lowest BCUT2D eigenvalue weighted by atomic mass is 10.0. The Bertz CT molecular complexity index is 913. The van der Waals surface area contributed by atoms with Crippen LogP contribution in [-0.4, -0.2) is 44.6 Å². The molecule has 28 heavy (non-hydrogen) atoms. The molecule has 1 aromatic carbocycles. The van der Waals surface area contributed by atoms with E-state index in [1.165, 1.54) is 26.4 Å². The molecule has 2 aromatic rings. The zero-order valence-corrected chi connectivity index (χ0v) is 16.2. The average Bonchev–Trinajstić information content (AvgIpc) is 2.67. The topological polar surface area (TPSA) is 107 Å². The number of nitrogens with one attached hydrogen (secondary N) is 1. The van der Waals surface area contributed by atoms with Crippen molar-refractivity contribution < 1.29 is 19.1 Å². The van der Waals surface area contributed by atoms with Gasteiger partial charge >= 0.3 is 0 Å². The second-order valence-electron chi connectivity index (χ2n) is 6.69. The number of aryl methyl sites for hydroxylation is 1. The first-order chi connectivity index (χ1) is 13.4. The summed E-state index contributed by atoms with van der Waals surface area (Å²) in [5.41, 5.74) is 7.83. The lowest BCUT2D eigenvalue weighted by Crippen LogP contribution is -2.26. The number of hydrogen-bond donors (Lipinski definition) is 2. The summed E-state index contributed by atoms with van der Waals surface area (Å²) in [6.07, 6.45) is 3.86. The van der Waals surface area contributed by atoms with Gasteiger partial charge in [0.05, 0.1) is 31.9 Å². The van der Waals surface area contributed by atoms with Crippen molar-refractivity contribution in [3.63, 3.8) is 0 Å². The van der Waals surface area contributed by atoms with Gasteiger partial charge < -0.3 is 25.4 Å². The number of anilines is 2. The Kier molecular flexibility index (Phi) is 5.67. The van der Waals surface area contributed by atoms with E-state index in [9.17, 15) is 9.59 Å². The first kappa shape index (κ1) is 19.5. The molecule has 0 aliphatic carbocycles. The van der Waals surface area contributed by atoms with Crippen molar-refractivity contribution >= 4 is 23.3 Å². The quantitative estimate of drug-likeness (QED) is 0.786. The zero-order valence-electron chi connectivity index (χ0n) is 16.2. The average molecular weight is 384 g/mol. The van der Waals surface area contributed by atoms with Gasteiger partial charge in [-0.15, -0.1) is 0 Å². The number of amides is 2. The summed E-state index contributed by atoms with van der Waals surface area (Å²) in [6.45, 7) is 0.981. The van der Waals surface area contributed by atoms with Crippen LogP contribution in [0.25, 0.3) is 0 Å². The summed E-state index contributed by atoms with van der Waals surface area (Å²) in [4.78, 5) is 31.0. The minimum atomic E-state index is -0.672. The number of ether oxygens (including phenoxy) is 2. The molecular weight excluding hydrogens is 360 g/mol. The fraction of sp³-hybridized carbons (Fsp3) is 0.350. The van der Waals surface area contributed by atoms with E-state index in [2.05, 4.69) is 15.2 Å². The van der Waals surface area contributed by atoms with Crippen LogP contribution in [0.4, 0.5) is 11.5 Å². The van der Waals surface area contributed by atoms with E-state index in [1.807, 2.05) is 13.1 Å². The lowest BCUT2D eigenvalue weighted by Gasteiger charge is -2.26. The standard InChI is InChI=1S/C20H24N4O4/c1-24-6-4-5-13-7-12(11-22-20(13)24)8-18(25)23-15-10-17(28-3)16(27-2)9-14(15)19(21)26/h7,9-11H,4-6,8H2,1-3H3,(H2,21,26)(H,23,25).